The third kappa shape index (κ3) is 3.46. The van der Waals surface area contributed by atoms with E-state index in [4.69, 9.17) is 9.47 Å². The first-order valence-electron chi connectivity index (χ1n) is 9.39. The molecule has 28 heavy (non-hydrogen) atoms. The number of rotatable bonds is 4. The Morgan fingerprint density at radius 1 is 1.04 bits per heavy atom. The number of hydrogen-bond acceptors (Lipinski definition) is 5. The van der Waals surface area contributed by atoms with Gasteiger partial charge < -0.3 is 14.6 Å². The molecule has 0 aromatic heterocycles. The molecule has 1 aliphatic heterocycles. The van der Waals surface area contributed by atoms with Crippen molar-refractivity contribution in [1.29, 1.82) is 0 Å². The molecule has 1 atom stereocenters. The lowest BCUT2D eigenvalue weighted by Crippen LogP contribution is -2.39. The van der Waals surface area contributed by atoms with Crippen LogP contribution in [0.2, 0.25) is 0 Å². The highest BCUT2D eigenvalue weighted by molar-refractivity contribution is 5.90. The van der Waals surface area contributed by atoms with Gasteiger partial charge >= 0.3 is 5.97 Å². The van der Waals surface area contributed by atoms with Gasteiger partial charge in [-0.3, -0.25) is 4.90 Å². The summed E-state index contributed by atoms with van der Waals surface area (Å²) in [5.41, 5.74) is 2.40. The highest BCUT2D eigenvalue weighted by atomic mass is 16.5. The number of morpholine rings is 1. The number of esters is 1. The number of phenolic OH excluding ortho intramolecular Hbond substituents is 1. The maximum Gasteiger partial charge on any atom is 0.337 e. The summed E-state index contributed by atoms with van der Waals surface area (Å²) in [6.07, 6.45) is 0. The molecular weight excluding hydrogens is 354 g/mol. The van der Waals surface area contributed by atoms with E-state index in [1.807, 2.05) is 36.4 Å². The lowest BCUT2D eigenvalue weighted by molar-refractivity contribution is 0.0238. The van der Waals surface area contributed by atoms with Crippen LogP contribution in [0.25, 0.3) is 10.8 Å². The zero-order valence-electron chi connectivity index (χ0n) is 15.8. The van der Waals surface area contributed by atoms with Gasteiger partial charge in [-0.2, -0.15) is 0 Å². The van der Waals surface area contributed by atoms with Crippen molar-refractivity contribution in [2.75, 3.05) is 33.4 Å². The second kappa shape index (κ2) is 8.00. The molecule has 0 unspecified atom stereocenters. The van der Waals surface area contributed by atoms with Crippen molar-refractivity contribution in [3.05, 3.63) is 77.4 Å². The van der Waals surface area contributed by atoms with Crippen molar-refractivity contribution in [3.8, 4) is 5.75 Å². The Morgan fingerprint density at radius 2 is 1.75 bits per heavy atom. The maximum atomic E-state index is 11.8. The number of ether oxygens (including phenoxy) is 2. The van der Waals surface area contributed by atoms with Gasteiger partial charge in [0.15, 0.2) is 0 Å². The Morgan fingerprint density at radius 3 is 2.46 bits per heavy atom. The second-order valence-electron chi connectivity index (χ2n) is 6.88. The number of fused-ring (bicyclic) bond motifs is 1. The van der Waals surface area contributed by atoms with E-state index in [0.29, 0.717) is 18.8 Å². The highest BCUT2D eigenvalue weighted by Crippen LogP contribution is 2.39. The van der Waals surface area contributed by atoms with Crippen LogP contribution >= 0.6 is 0 Å². The first-order valence-corrected chi connectivity index (χ1v) is 9.39. The van der Waals surface area contributed by atoms with E-state index in [0.717, 1.165) is 35.0 Å². The fraction of sp³-hybridized carbons (Fsp3) is 0.261. The normalized spacial score (nSPS) is 16.0. The average Bonchev–Trinajstić information content (AvgIpc) is 2.76. The van der Waals surface area contributed by atoms with E-state index >= 15 is 0 Å². The van der Waals surface area contributed by atoms with Crippen LogP contribution in [-0.4, -0.2) is 49.4 Å². The monoisotopic (exact) mass is 377 g/mol. The van der Waals surface area contributed by atoms with Gasteiger partial charge in [-0.25, -0.2) is 4.79 Å². The van der Waals surface area contributed by atoms with Gasteiger partial charge in [-0.15, -0.1) is 0 Å². The summed E-state index contributed by atoms with van der Waals surface area (Å²) < 4.78 is 10.3. The summed E-state index contributed by atoms with van der Waals surface area (Å²) >= 11 is 0. The predicted molar refractivity (Wildman–Crippen MR) is 108 cm³/mol. The van der Waals surface area contributed by atoms with Crippen molar-refractivity contribution >= 4 is 16.7 Å². The molecule has 0 aliphatic carbocycles. The van der Waals surface area contributed by atoms with Gasteiger partial charge in [0.25, 0.3) is 0 Å². The van der Waals surface area contributed by atoms with Gasteiger partial charge in [-0.05, 0) is 34.5 Å². The first-order chi connectivity index (χ1) is 13.7. The summed E-state index contributed by atoms with van der Waals surface area (Å²) in [6.45, 7) is 2.85. The number of carbonyl (C=O) groups is 1. The number of carbonyl (C=O) groups excluding carboxylic acids is 1. The number of nitrogens with zero attached hydrogens (tertiary/aromatic N) is 1. The minimum atomic E-state index is -0.359. The Labute approximate surface area is 164 Å². The number of methoxy groups -OCH3 is 1. The van der Waals surface area contributed by atoms with Crippen LogP contribution in [0.5, 0.6) is 5.75 Å². The Bertz CT molecular complexity index is 978. The van der Waals surface area contributed by atoms with Gasteiger partial charge in [0.1, 0.15) is 5.75 Å². The Hall–Kier alpha value is -2.89. The number of aromatic hydroxyl groups is 1. The molecule has 3 aromatic carbocycles. The van der Waals surface area contributed by atoms with E-state index in [1.165, 1.54) is 7.11 Å². The van der Waals surface area contributed by atoms with Gasteiger partial charge in [0.05, 0.1) is 31.9 Å². The summed E-state index contributed by atoms with van der Waals surface area (Å²) in [7, 11) is 1.38. The molecule has 0 bridgehead atoms. The van der Waals surface area contributed by atoms with Crippen molar-refractivity contribution in [2.45, 2.75) is 6.04 Å². The SMILES string of the molecule is COC(=O)c1ccc([C@H](c2c(O)ccc3ccccc23)N2CCOCC2)cc1. The predicted octanol–water partition coefficient (Wildman–Crippen LogP) is 3.75. The largest absolute Gasteiger partial charge is 0.508 e. The Balaban J connectivity index is 1.85. The molecule has 0 radical (unpaired) electrons. The molecular formula is C23H23NO4. The lowest BCUT2D eigenvalue weighted by Gasteiger charge is -2.36. The molecule has 0 spiro atoms. The molecule has 4 rings (SSSR count). The smallest absolute Gasteiger partial charge is 0.337 e. The minimum absolute atomic E-state index is 0.137. The van der Waals surface area contributed by atoms with Crippen LogP contribution in [0.15, 0.2) is 60.7 Å². The second-order valence-corrected chi connectivity index (χ2v) is 6.88. The molecule has 3 aromatic rings. The maximum absolute atomic E-state index is 11.8. The Kier molecular flexibility index (Phi) is 5.28. The van der Waals surface area contributed by atoms with E-state index in [2.05, 4.69) is 11.0 Å². The molecule has 1 N–H and O–H groups in total. The van der Waals surface area contributed by atoms with Crippen molar-refractivity contribution in [2.24, 2.45) is 0 Å². The van der Waals surface area contributed by atoms with Crippen LogP contribution < -0.4 is 0 Å². The van der Waals surface area contributed by atoms with Crippen LogP contribution in [0.4, 0.5) is 0 Å². The fourth-order valence-electron chi connectivity index (χ4n) is 3.89. The van der Waals surface area contributed by atoms with E-state index in [1.54, 1.807) is 18.2 Å². The molecule has 0 saturated carbocycles. The molecule has 0 amide bonds. The molecule has 144 valence electrons. The van der Waals surface area contributed by atoms with E-state index < -0.39 is 0 Å². The van der Waals surface area contributed by atoms with Gasteiger partial charge in [0.2, 0.25) is 0 Å². The summed E-state index contributed by atoms with van der Waals surface area (Å²) in [5, 5.41) is 12.9. The lowest BCUT2D eigenvalue weighted by atomic mass is 9.91. The van der Waals surface area contributed by atoms with Crippen molar-refractivity contribution < 1.29 is 19.4 Å². The van der Waals surface area contributed by atoms with Crippen LogP contribution in [0, 0.1) is 0 Å². The summed E-state index contributed by atoms with van der Waals surface area (Å²) in [6, 6.07) is 19.1. The molecule has 1 saturated heterocycles. The number of benzene rings is 3. The molecule has 1 fully saturated rings. The van der Waals surface area contributed by atoms with Crippen LogP contribution in [0.3, 0.4) is 0 Å². The van der Waals surface area contributed by atoms with Gasteiger partial charge in [0, 0.05) is 18.7 Å². The average molecular weight is 377 g/mol. The molecule has 5 nitrogen and oxygen atoms in total. The summed E-state index contributed by atoms with van der Waals surface area (Å²) in [5.74, 6) is -0.0882. The first kappa shape index (κ1) is 18.5. The standard InChI is InChI=1S/C23H23NO4/c1-27-23(26)18-8-6-17(7-9-18)22(24-12-14-28-15-13-24)21-19-5-3-2-4-16(19)10-11-20(21)25/h2-11,22,25H,12-15H2,1H3/t22-/m1/s1. The van der Waals surface area contributed by atoms with E-state index in [9.17, 15) is 9.90 Å². The van der Waals surface area contributed by atoms with E-state index in [-0.39, 0.29) is 17.8 Å². The third-order valence-electron chi connectivity index (χ3n) is 5.28. The fourth-order valence-corrected chi connectivity index (χ4v) is 3.89. The van der Waals surface area contributed by atoms with Crippen molar-refractivity contribution in [1.82, 2.24) is 4.90 Å². The minimum Gasteiger partial charge on any atom is -0.508 e. The summed E-state index contributed by atoms with van der Waals surface area (Å²) in [4.78, 5) is 14.1. The highest BCUT2D eigenvalue weighted by Gasteiger charge is 2.28. The van der Waals surface area contributed by atoms with Crippen LogP contribution in [-0.2, 0) is 9.47 Å². The molecule has 5 heteroatoms. The molecule has 1 heterocycles. The zero-order chi connectivity index (χ0) is 19.5. The number of phenols is 1. The van der Waals surface area contributed by atoms with Gasteiger partial charge in [-0.1, -0.05) is 42.5 Å². The quantitative estimate of drug-likeness (QED) is 0.702. The van der Waals surface area contributed by atoms with Crippen molar-refractivity contribution in [3.63, 3.8) is 0 Å². The van der Waals surface area contributed by atoms with Crippen LogP contribution in [0.1, 0.15) is 27.5 Å². The number of hydrogen-bond donors (Lipinski definition) is 1. The molecule has 1 aliphatic rings. The topological polar surface area (TPSA) is 59.0 Å². The zero-order valence-corrected chi connectivity index (χ0v) is 15.8. The third-order valence-corrected chi connectivity index (χ3v) is 5.28.